The molecular weight excluding hydrogens is 378 g/mol. The third-order valence-electron chi connectivity index (χ3n) is 4.03. The van der Waals surface area contributed by atoms with Gasteiger partial charge >= 0.3 is 0 Å². The second kappa shape index (κ2) is 9.01. The molecule has 0 atom stereocenters. The van der Waals surface area contributed by atoms with Gasteiger partial charge in [0.05, 0.1) is 6.21 Å². The van der Waals surface area contributed by atoms with Gasteiger partial charge in [0.2, 0.25) is 11.8 Å². The van der Waals surface area contributed by atoms with Crippen LogP contribution in [0.2, 0.25) is 5.02 Å². The summed E-state index contributed by atoms with van der Waals surface area (Å²) in [6.45, 7) is 0. The number of hydrazone groups is 1. The average molecular weight is 396 g/mol. The normalized spacial score (nSPS) is 10.9. The number of phenolic OH excluding ortho intramolecular Hbond substituents is 1. The van der Waals surface area contributed by atoms with Gasteiger partial charge in [0.1, 0.15) is 5.75 Å². The highest BCUT2D eigenvalue weighted by molar-refractivity contribution is 6.30. The van der Waals surface area contributed by atoms with E-state index in [0.717, 1.165) is 10.8 Å². The fraction of sp³-hybridized carbons (Fsp3) is 0.0952. The molecule has 3 rings (SSSR count). The highest BCUT2D eigenvalue weighted by atomic mass is 35.5. The van der Waals surface area contributed by atoms with Crippen molar-refractivity contribution >= 4 is 46.1 Å². The Morgan fingerprint density at radius 3 is 2.61 bits per heavy atom. The highest BCUT2D eigenvalue weighted by Gasteiger charge is 2.08. The number of aromatic hydroxyl groups is 1. The number of phenols is 1. The van der Waals surface area contributed by atoms with Crippen molar-refractivity contribution in [2.24, 2.45) is 5.10 Å². The first-order valence-electron chi connectivity index (χ1n) is 8.61. The van der Waals surface area contributed by atoms with Gasteiger partial charge in [-0.2, -0.15) is 5.10 Å². The van der Waals surface area contributed by atoms with Gasteiger partial charge in [-0.15, -0.1) is 0 Å². The average Bonchev–Trinajstić information content (AvgIpc) is 2.69. The molecule has 28 heavy (non-hydrogen) atoms. The topological polar surface area (TPSA) is 90.8 Å². The standard InChI is InChI=1S/C21H18ClN3O3/c22-16-8-9-19(26)15(12-16)13-23-25-21(28)11-10-20(27)24-18-7-3-5-14-4-1-2-6-17(14)18/h1-9,12-13,26H,10-11H2,(H,24,27)(H,25,28)/b23-13+. The molecule has 2 amide bonds. The van der Waals surface area contributed by atoms with Crippen LogP contribution in [0.25, 0.3) is 10.8 Å². The molecule has 0 heterocycles. The fourth-order valence-corrected chi connectivity index (χ4v) is 2.81. The van der Waals surface area contributed by atoms with E-state index < -0.39 is 5.91 Å². The molecule has 6 nitrogen and oxygen atoms in total. The lowest BCUT2D eigenvalue weighted by Crippen LogP contribution is -2.20. The van der Waals surface area contributed by atoms with E-state index in [1.807, 2.05) is 42.5 Å². The number of hydrogen-bond donors (Lipinski definition) is 3. The Bertz CT molecular complexity index is 1040. The lowest BCUT2D eigenvalue weighted by molar-refractivity contribution is -0.124. The molecule has 0 saturated heterocycles. The number of carbonyl (C=O) groups is 2. The Hall–Kier alpha value is -3.38. The van der Waals surface area contributed by atoms with E-state index >= 15 is 0 Å². The molecule has 0 radical (unpaired) electrons. The van der Waals surface area contributed by atoms with Gasteiger partial charge in [0, 0.05) is 34.5 Å². The third kappa shape index (κ3) is 5.08. The number of anilines is 1. The zero-order chi connectivity index (χ0) is 19.9. The molecule has 0 bridgehead atoms. The van der Waals surface area contributed by atoms with E-state index in [2.05, 4.69) is 15.8 Å². The lowest BCUT2D eigenvalue weighted by Gasteiger charge is -2.08. The van der Waals surface area contributed by atoms with Gasteiger partial charge < -0.3 is 10.4 Å². The van der Waals surface area contributed by atoms with Gasteiger partial charge in [-0.05, 0) is 29.7 Å². The van der Waals surface area contributed by atoms with Crippen molar-refractivity contribution in [3.8, 4) is 5.75 Å². The van der Waals surface area contributed by atoms with Crippen molar-refractivity contribution in [3.05, 3.63) is 71.2 Å². The van der Waals surface area contributed by atoms with Gasteiger partial charge in [-0.3, -0.25) is 9.59 Å². The number of halogens is 1. The first-order chi connectivity index (χ1) is 13.5. The molecule has 3 aromatic carbocycles. The van der Waals surface area contributed by atoms with Gasteiger partial charge in [0.25, 0.3) is 0 Å². The highest BCUT2D eigenvalue weighted by Crippen LogP contribution is 2.23. The number of nitrogens with zero attached hydrogens (tertiary/aromatic N) is 1. The van der Waals surface area contributed by atoms with Gasteiger partial charge in [-0.1, -0.05) is 48.0 Å². The van der Waals surface area contributed by atoms with Crippen LogP contribution in [0.4, 0.5) is 5.69 Å². The SMILES string of the molecule is O=C(CCC(=O)Nc1cccc2ccccc12)N/N=C/c1cc(Cl)ccc1O. The lowest BCUT2D eigenvalue weighted by atomic mass is 10.1. The Kier molecular flexibility index (Phi) is 6.24. The van der Waals surface area contributed by atoms with Crippen molar-refractivity contribution in [2.75, 3.05) is 5.32 Å². The van der Waals surface area contributed by atoms with Crippen molar-refractivity contribution < 1.29 is 14.7 Å². The first-order valence-corrected chi connectivity index (χ1v) is 8.99. The molecule has 0 spiro atoms. The number of carbonyl (C=O) groups excluding carboxylic acids is 2. The zero-order valence-electron chi connectivity index (χ0n) is 14.9. The van der Waals surface area contributed by atoms with Gasteiger partial charge in [0.15, 0.2) is 0 Å². The number of fused-ring (bicyclic) bond motifs is 1. The maximum absolute atomic E-state index is 12.2. The van der Waals surface area contributed by atoms with E-state index in [9.17, 15) is 14.7 Å². The summed E-state index contributed by atoms with van der Waals surface area (Å²) in [5.41, 5.74) is 3.41. The van der Waals surface area contributed by atoms with E-state index in [1.54, 1.807) is 6.07 Å². The van der Waals surface area contributed by atoms with Crippen LogP contribution in [0.15, 0.2) is 65.8 Å². The molecule has 7 heteroatoms. The van der Waals surface area contributed by atoms with Crippen molar-refractivity contribution in [3.63, 3.8) is 0 Å². The summed E-state index contributed by atoms with van der Waals surface area (Å²) in [7, 11) is 0. The van der Waals surface area contributed by atoms with Crippen LogP contribution in [0.5, 0.6) is 5.75 Å². The van der Waals surface area contributed by atoms with Crippen molar-refractivity contribution in [1.82, 2.24) is 5.43 Å². The van der Waals surface area contributed by atoms with Crippen molar-refractivity contribution in [1.29, 1.82) is 0 Å². The molecule has 0 aliphatic rings. The van der Waals surface area contributed by atoms with Crippen LogP contribution in [-0.4, -0.2) is 23.1 Å². The third-order valence-corrected chi connectivity index (χ3v) is 4.26. The summed E-state index contributed by atoms with van der Waals surface area (Å²) in [6.07, 6.45) is 1.29. The minimum absolute atomic E-state index is 0.00290. The summed E-state index contributed by atoms with van der Waals surface area (Å²) in [4.78, 5) is 24.0. The molecule has 0 saturated carbocycles. The largest absolute Gasteiger partial charge is 0.507 e. The predicted molar refractivity (Wildman–Crippen MR) is 111 cm³/mol. The summed E-state index contributed by atoms with van der Waals surface area (Å²) in [5.74, 6) is -0.675. The molecule has 0 fully saturated rings. The van der Waals surface area contributed by atoms with Crippen LogP contribution < -0.4 is 10.7 Å². The van der Waals surface area contributed by atoms with Crippen LogP contribution in [-0.2, 0) is 9.59 Å². The number of amides is 2. The van der Waals surface area contributed by atoms with E-state index in [-0.39, 0.29) is 24.5 Å². The Morgan fingerprint density at radius 2 is 1.75 bits per heavy atom. The van der Waals surface area contributed by atoms with Crippen molar-refractivity contribution in [2.45, 2.75) is 12.8 Å². The summed E-state index contributed by atoms with van der Waals surface area (Å²) >= 11 is 5.84. The molecule has 0 aromatic heterocycles. The quantitative estimate of drug-likeness (QED) is 0.434. The number of nitrogens with one attached hydrogen (secondary N) is 2. The van der Waals surface area contributed by atoms with Crippen LogP contribution in [0.1, 0.15) is 18.4 Å². The monoisotopic (exact) mass is 395 g/mol. The molecule has 3 N–H and O–H groups in total. The Labute approximate surface area is 166 Å². The predicted octanol–water partition coefficient (Wildman–Crippen LogP) is 4.07. The maximum Gasteiger partial charge on any atom is 0.240 e. The van der Waals surface area contributed by atoms with Crippen LogP contribution >= 0.6 is 11.6 Å². The number of hydrogen-bond acceptors (Lipinski definition) is 4. The fourth-order valence-electron chi connectivity index (χ4n) is 2.63. The minimum Gasteiger partial charge on any atom is -0.507 e. The minimum atomic E-state index is -0.411. The Morgan fingerprint density at radius 1 is 1.00 bits per heavy atom. The zero-order valence-corrected chi connectivity index (χ0v) is 15.6. The molecular formula is C21H18ClN3O3. The Balaban J connectivity index is 1.51. The number of rotatable bonds is 6. The summed E-state index contributed by atoms with van der Waals surface area (Å²) < 4.78 is 0. The molecule has 142 valence electrons. The van der Waals surface area contributed by atoms with Crippen LogP contribution in [0.3, 0.4) is 0 Å². The van der Waals surface area contributed by atoms with E-state index in [0.29, 0.717) is 16.3 Å². The summed E-state index contributed by atoms with van der Waals surface area (Å²) in [6, 6.07) is 17.9. The van der Waals surface area contributed by atoms with Crippen LogP contribution in [0, 0.1) is 0 Å². The van der Waals surface area contributed by atoms with E-state index in [1.165, 1.54) is 18.3 Å². The van der Waals surface area contributed by atoms with E-state index in [4.69, 9.17) is 11.6 Å². The molecule has 3 aromatic rings. The summed E-state index contributed by atoms with van der Waals surface area (Å²) in [5, 5.41) is 18.7. The molecule has 0 aliphatic carbocycles. The maximum atomic E-state index is 12.2. The second-order valence-corrected chi connectivity index (χ2v) is 6.51. The van der Waals surface area contributed by atoms with Gasteiger partial charge in [-0.25, -0.2) is 5.43 Å². The second-order valence-electron chi connectivity index (χ2n) is 6.07. The molecule has 0 unspecified atom stereocenters. The first kappa shape index (κ1) is 19.4. The number of benzene rings is 3. The smallest absolute Gasteiger partial charge is 0.240 e. The molecule has 0 aliphatic heterocycles.